The summed E-state index contributed by atoms with van der Waals surface area (Å²) in [6.07, 6.45) is 1.12. The number of likely N-dealkylation sites (tertiary alicyclic amines) is 1. The minimum absolute atomic E-state index is 0.0397. The highest BCUT2D eigenvalue weighted by Gasteiger charge is 2.57. The van der Waals surface area contributed by atoms with Crippen LogP contribution in [0.25, 0.3) is 0 Å². The number of urea groups is 1. The van der Waals surface area contributed by atoms with Crippen LogP contribution in [0, 0.1) is 11.8 Å². The predicted octanol–water partition coefficient (Wildman–Crippen LogP) is 6.29. The monoisotopic (exact) mass is 761 g/mol. The summed E-state index contributed by atoms with van der Waals surface area (Å²) in [7, 11) is 6.32. The van der Waals surface area contributed by atoms with Gasteiger partial charge in [-0.3, -0.25) is 24.1 Å². The van der Waals surface area contributed by atoms with Gasteiger partial charge in [-0.25, -0.2) is 9.78 Å². The Morgan fingerprint density at radius 2 is 1.49 bits per heavy atom. The normalized spacial score (nSPS) is 17.9. The molecule has 6 rings (SSSR count). The van der Waals surface area contributed by atoms with Gasteiger partial charge in [0.15, 0.2) is 0 Å². The maximum absolute atomic E-state index is 14.3. The van der Waals surface area contributed by atoms with Crippen molar-refractivity contribution in [2.45, 2.75) is 69.9 Å². The van der Waals surface area contributed by atoms with Crippen LogP contribution in [0.15, 0.2) is 79.1 Å². The van der Waals surface area contributed by atoms with Crippen LogP contribution in [0.2, 0.25) is 0 Å². The van der Waals surface area contributed by atoms with Gasteiger partial charge in [0.1, 0.15) is 35.2 Å². The van der Waals surface area contributed by atoms with Crippen molar-refractivity contribution in [3.63, 3.8) is 0 Å². The van der Waals surface area contributed by atoms with Crippen molar-refractivity contribution in [1.29, 1.82) is 0 Å². The van der Waals surface area contributed by atoms with E-state index in [1.54, 1.807) is 39.6 Å². The van der Waals surface area contributed by atoms with Crippen molar-refractivity contribution in [3.05, 3.63) is 95.8 Å². The Morgan fingerprint density at radius 3 is 2.02 bits per heavy atom. The number of methoxy groups -OCH3 is 2. The molecule has 0 spiro atoms. The number of benzene rings is 2. The van der Waals surface area contributed by atoms with Crippen LogP contribution in [0.5, 0.6) is 11.5 Å². The zero-order chi connectivity index (χ0) is 39.3. The minimum Gasteiger partial charge on any atom is -0.497 e. The first-order valence-corrected chi connectivity index (χ1v) is 18.3. The molecule has 1 saturated carbocycles. The Kier molecular flexibility index (Phi) is 12.0. The maximum Gasteiger partial charge on any atom is 0.408 e. The van der Waals surface area contributed by atoms with Crippen LogP contribution >= 0.6 is 0 Å². The summed E-state index contributed by atoms with van der Waals surface area (Å²) in [6, 6.07) is 15.8. The number of rotatable bonds is 13. The Balaban J connectivity index is 1.28. The van der Waals surface area contributed by atoms with E-state index in [-0.39, 0.29) is 6.42 Å². The number of amides is 4. The number of anilines is 2. The molecule has 2 aromatic carbocycles. The van der Waals surface area contributed by atoms with E-state index in [2.05, 4.69) is 20.3 Å². The van der Waals surface area contributed by atoms with Gasteiger partial charge in [-0.2, -0.15) is 18.3 Å². The lowest BCUT2D eigenvalue weighted by molar-refractivity contribution is -0.170. The Labute approximate surface area is 318 Å². The third kappa shape index (κ3) is 8.87. The smallest absolute Gasteiger partial charge is 0.408 e. The molecule has 292 valence electrons. The molecule has 1 aliphatic carbocycles. The summed E-state index contributed by atoms with van der Waals surface area (Å²) in [5.74, 6) is -0.771. The fourth-order valence-corrected chi connectivity index (χ4v) is 7.54. The number of carbonyl (C=O) groups is 3. The number of imide groups is 1. The van der Waals surface area contributed by atoms with Gasteiger partial charge in [-0.15, -0.1) is 0 Å². The van der Waals surface area contributed by atoms with Gasteiger partial charge in [0, 0.05) is 39.4 Å². The average molecular weight is 762 g/mol. The number of aromatic nitrogens is 3. The van der Waals surface area contributed by atoms with Crippen molar-refractivity contribution in [3.8, 4) is 11.5 Å². The second kappa shape index (κ2) is 16.8. The van der Waals surface area contributed by atoms with Crippen LogP contribution in [-0.4, -0.2) is 77.0 Å². The van der Waals surface area contributed by atoms with Crippen molar-refractivity contribution in [1.82, 2.24) is 25.0 Å². The molecular weight excluding hydrogens is 715 g/mol. The number of aryl methyl sites for hydroxylation is 1. The quantitative estimate of drug-likeness (QED) is 0.158. The van der Waals surface area contributed by atoms with Gasteiger partial charge in [-0.1, -0.05) is 43.5 Å². The summed E-state index contributed by atoms with van der Waals surface area (Å²) in [5.41, 5.74) is 2.65. The van der Waals surface area contributed by atoms with Crippen LogP contribution in [0.1, 0.15) is 48.8 Å². The number of alkyl halides is 3. The van der Waals surface area contributed by atoms with Crippen molar-refractivity contribution >= 4 is 29.5 Å². The van der Waals surface area contributed by atoms with E-state index in [4.69, 9.17) is 9.47 Å². The SMILES string of the molecule is COc1ccc(CN(Cc2ccc(OC)cc2)c2cc(C[C@H]3C(=O)N(C(=O)NC(C4CCCCC4)C(F)(F)F)[C@@H]3C(=O)N(C)c3ccnn3C)ccn2)cc1. The number of pyridine rings is 1. The van der Waals surface area contributed by atoms with Gasteiger partial charge in [0.05, 0.1) is 26.3 Å². The fourth-order valence-electron chi connectivity index (χ4n) is 7.54. The predicted molar refractivity (Wildman–Crippen MR) is 200 cm³/mol. The van der Waals surface area contributed by atoms with E-state index in [0.29, 0.717) is 60.9 Å². The first kappa shape index (κ1) is 39.1. The zero-order valence-corrected chi connectivity index (χ0v) is 31.3. The molecule has 4 amide bonds. The molecule has 1 N–H and O–H groups in total. The molecule has 3 heterocycles. The molecule has 2 aliphatic rings. The molecule has 12 nitrogen and oxygen atoms in total. The number of nitrogens with zero attached hydrogens (tertiary/aromatic N) is 6. The van der Waals surface area contributed by atoms with E-state index in [1.165, 1.54) is 22.8 Å². The lowest BCUT2D eigenvalue weighted by atomic mass is 9.81. The topological polar surface area (TPSA) is 122 Å². The molecular formula is C40H46F3N7O5. The molecule has 55 heavy (non-hydrogen) atoms. The number of hydrogen-bond donors (Lipinski definition) is 1. The molecule has 2 aromatic heterocycles. The number of nitrogens with one attached hydrogen (secondary N) is 1. The molecule has 1 aliphatic heterocycles. The molecule has 0 bridgehead atoms. The van der Waals surface area contributed by atoms with Crippen LogP contribution in [0.4, 0.5) is 29.6 Å². The summed E-state index contributed by atoms with van der Waals surface area (Å²) < 4.78 is 55.2. The average Bonchev–Trinajstić information content (AvgIpc) is 3.63. The third-order valence-electron chi connectivity index (χ3n) is 10.6. The maximum atomic E-state index is 14.3. The second-order valence-electron chi connectivity index (χ2n) is 14.1. The van der Waals surface area contributed by atoms with E-state index >= 15 is 0 Å². The van der Waals surface area contributed by atoms with Crippen LogP contribution < -0.4 is 24.6 Å². The molecule has 4 aromatic rings. The van der Waals surface area contributed by atoms with Gasteiger partial charge >= 0.3 is 12.2 Å². The Bertz CT molecular complexity index is 1900. The molecule has 1 saturated heterocycles. The molecule has 15 heteroatoms. The minimum atomic E-state index is -4.73. The number of β-lactam (4-membered cyclic amide) rings is 1. The summed E-state index contributed by atoms with van der Waals surface area (Å²) in [5, 5.41) is 6.23. The number of likely N-dealkylation sites (N-methyl/N-ethyl adjacent to an activating group) is 1. The molecule has 0 radical (unpaired) electrons. The number of ether oxygens (including phenoxy) is 2. The lowest BCUT2D eigenvalue weighted by Crippen LogP contribution is -2.71. The highest BCUT2D eigenvalue weighted by atomic mass is 19.4. The standard InChI is InChI=1S/C40H46F3N7O5/c1-47(34-19-21-45-48(34)2)38(52)35-32(37(51)50(35)39(53)46-36(40(41,42)43)29-8-6-5-7-9-29)22-28-18-20-44-33(23-28)49(24-26-10-14-30(54-3)15-11-26)25-27-12-16-31(55-4)17-13-27/h10-21,23,29,32,35-36H,5-9,22,24-25H2,1-4H3,(H,46,53)/t32-,35+,36?/m1/s1. The summed E-state index contributed by atoms with van der Waals surface area (Å²) in [4.78, 5) is 50.3. The second-order valence-corrected chi connectivity index (χ2v) is 14.1. The van der Waals surface area contributed by atoms with E-state index in [9.17, 15) is 27.6 Å². The molecule has 1 unspecified atom stereocenters. The van der Waals surface area contributed by atoms with E-state index in [1.807, 2.05) is 54.6 Å². The fraction of sp³-hybridized carbons (Fsp3) is 0.425. The van der Waals surface area contributed by atoms with Crippen LogP contribution in [-0.2, 0) is 36.1 Å². The zero-order valence-electron chi connectivity index (χ0n) is 31.3. The van der Waals surface area contributed by atoms with Crippen molar-refractivity contribution in [2.75, 3.05) is 31.1 Å². The van der Waals surface area contributed by atoms with Gasteiger partial charge in [0.2, 0.25) is 5.91 Å². The van der Waals surface area contributed by atoms with Crippen molar-refractivity contribution < 1.29 is 37.0 Å². The highest BCUT2D eigenvalue weighted by molar-refractivity contribution is 6.12. The van der Waals surface area contributed by atoms with Gasteiger partial charge in [-0.05, 0) is 78.3 Å². The van der Waals surface area contributed by atoms with Gasteiger partial charge < -0.3 is 19.7 Å². The number of carbonyl (C=O) groups excluding carboxylic acids is 3. The largest absolute Gasteiger partial charge is 0.497 e. The van der Waals surface area contributed by atoms with Crippen molar-refractivity contribution in [2.24, 2.45) is 18.9 Å². The lowest BCUT2D eigenvalue weighted by Gasteiger charge is -2.46. The highest BCUT2D eigenvalue weighted by Crippen LogP contribution is 2.37. The number of halogens is 3. The third-order valence-corrected chi connectivity index (χ3v) is 10.6. The first-order valence-electron chi connectivity index (χ1n) is 18.3. The van der Waals surface area contributed by atoms with Crippen LogP contribution in [0.3, 0.4) is 0 Å². The molecule has 3 atom stereocenters. The first-order chi connectivity index (χ1) is 26.4. The Hall–Kier alpha value is -5.60. The molecule has 2 fully saturated rings. The van der Waals surface area contributed by atoms with E-state index in [0.717, 1.165) is 29.0 Å². The summed E-state index contributed by atoms with van der Waals surface area (Å²) >= 11 is 0. The Morgan fingerprint density at radius 1 is 0.891 bits per heavy atom. The van der Waals surface area contributed by atoms with E-state index < -0.39 is 47.9 Å². The summed E-state index contributed by atoms with van der Waals surface area (Å²) in [6.45, 7) is 0.946. The number of hydrogen-bond acceptors (Lipinski definition) is 8. The van der Waals surface area contributed by atoms with Gasteiger partial charge in [0.25, 0.3) is 5.91 Å².